The molecule has 1 aromatic heterocycles. The van der Waals surface area contributed by atoms with Gasteiger partial charge >= 0.3 is 0 Å². The Morgan fingerprint density at radius 3 is 3.17 bits per heavy atom. The highest BCUT2D eigenvalue weighted by atomic mass is 16.5. The number of hydrogen-bond acceptors (Lipinski definition) is 4. The quantitative estimate of drug-likeness (QED) is 0.825. The van der Waals surface area contributed by atoms with Crippen LogP contribution in [0.15, 0.2) is 28.8 Å². The van der Waals surface area contributed by atoms with Gasteiger partial charge in [-0.25, -0.2) is 0 Å². The SMILES string of the molecule is N#CCCc1nc(C2CCc3ccccc32)no1. The van der Waals surface area contributed by atoms with Crippen LogP contribution in [-0.2, 0) is 12.8 Å². The summed E-state index contributed by atoms with van der Waals surface area (Å²) in [4.78, 5) is 4.40. The lowest BCUT2D eigenvalue weighted by Crippen LogP contribution is -1.98. The van der Waals surface area contributed by atoms with Crippen LogP contribution in [0.5, 0.6) is 0 Å². The van der Waals surface area contributed by atoms with Crippen LogP contribution < -0.4 is 0 Å². The minimum atomic E-state index is 0.251. The fourth-order valence-corrected chi connectivity index (χ4v) is 2.50. The summed E-state index contributed by atoms with van der Waals surface area (Å²) < 4.78 is 5.18. The Labute approximate surface area is 105 Å². The topological polar surface area (TPSA) is 62.7 Å². The van der Waals surface area contributed by atoms with Crippen molar-refractivity contribution in [2.75, 3.05) is 0 Å². The largest absolute Gasteiger partial charge is 0.339 e. The van der Waals surface area contributed by atoms with E-state index in [1.54, 1.807) is 0 Å². The van der Waals surface area contributed by atoms with Gasteiger partial charge in [-0.1, -0.05) is 29.4 Å². The van der Waals surface area contributed by atoms with Crippen molar-refractivity contribution in [3.8, 4) is 6.07 Å². The molecular weight excluding hydrogens is 226 g/mol. The number of rotatable bonds is 3. The van der Waals surface area contributed by atoms with Crippen molar-refractivity contribution in [1.82, 2.24) is 10.1 Å². The van der Waals surface area contributed by atoms with E-state index in [2.05, 4.69) is 34.4 Å². The van der Waals surface area contributed by atoms with E-state index in [1.165, 1.54) is 11.1 Å². The van der Waals surface area contributed by atoms with Crippen molar-refractivity contribution in [3.05, 3.63) is 47.1 Å². The Balaban J connectivity index is 1.84. The normalized spacial score (nSPS) is 17.4. The average molecular weight is 239 g/mol. The predicted molar refractivity (Wildman–Crippen MR) is 64.8 cm³/mol. The molecule has 2 aromatic rings. The molecule has 0 aliphatic heterocycles. The highest BCUT2D eigenvalue weighted by Crippen LogP contribution is 2.36. The Bertz CT molecular complexity index is 597. The first-order valence-corrected chi connectivity index (χ1v) is 6.15. The van der Waals surface area contributed by atoms with Gasteiger partial charge in [0.1, 0.15) is 0 Å². The van der Waals surface area contributed by atoms with Gasteiger partial charge in [-0.15, -0.1) is 0 Å². The molecule has 4 nitrogen and oxygen atoms in total. The number of fused-ring (bicyclic) bond motifs is 1. The van der Waals surface area contributed by atoms with Crippen molar-refractivity contribution in [3.63, 3.8) is 0 Å². The molecule has 1 aromatic carbocycles. The molecule has 1 unspecified atom stereocenters. The molecule has 1 aliphatic carbocycles. The summed E-state index contributed by atoms with van der Waals surface area (Å²) in [7, 11) is 0. The number of nitriles is 1. The molecule has 1 aliphatic rings. The second-order valence-corrected chi connectivity index (χ2v) is 4.49. The predicted octanol–water partition coefficient (Wildman–Crippen LogP) is 2.60. The first-order chi connectivity index (χ1) is 8.88. The van der Waals surface area contributed by atoms with Gasteiger partial charge in [-0.05, 0) is 24.0 Å². The monoisotopic (exact) mass is 239 g/mol. The van der Waals surface area contributed by atoms with E-state index in [4.69, 9.17) is 9.78 Å². The van der Waals surface area contributed by atoms with Gasteiger partial charge < -0.3 is 4.52 Å². The van der Waals surface area contributed by atoms with E-state index >= 15 is 0 Å². The molecule has 0 radical (unpaired) electrons. The first-order valence-electron chi connectivity index (χ1n) is 6.15. The lowest BCUT2D eigenvalue weighted by molar-refractivity contribution is 0.372. The molecule has 0 N–H and O–H groups in total. The number of aryl methyl sites for hydroxylation is 2. The van der Waals surface area contributed by atoms with Gasteiger partial charge in [0.05, 0.1) is 6.07 Å². The van der Waals surface area contributed by atoms with Gasteiger partial charge in [0.25, 0.3) is 0 Å². The van der Waals surface area contributed by atoms with Crippen LogP contribution in [0.2, 0.25) is 0 Å². The van der Waals surface area contributed by atoms with E-state index in [0.717, 1.165) is 18.7 Å². The summed E-state index contributed by atoms with van der Waals surface area (Å²) in [6.07, 6.45) is 3.07. The van der Waals surface area contributed by atoms with Crippen molar-refractivity contribution >= 4 is 0 Å². The van der Waals surface area contributed by atoms with Gasteiger partial charge in [0.15, 0.2) is 5.82 Å². The lowest BCUT2D eigenvalue weighted by atomic mass is 10.0. The zero-order valence-electron chi connectivity index (χ0n) is 9.97. The van der Waals surface area contributed by atoms with Gasteiger partial charge in [0, 0.05) is 18.8 Å². The number of benzene rings is 1. The number of nitrogens with zero attached hydrogens (tertiary/aromatic N) is 3. The summed E-state index contributed by atoms with van der Waals surface area (Å²) in [6.45, 7) is 0. The van der Waals surface area contributed by atoms with E-state index < -0.39 is 0 Å². The summed E-state index contributed by atoms with van der Waals surface area (Å²) in [6, 6.07) is 10.5. The highest BCUT2D eigenvalue weighted by Gasteiger charge is 2.27. The van der Waals surface area contributed by atoms with E-state index in [-0.39, 0.29) is 5.92 Å². The molecule has 0 bridgehead atoms. The second kappa shape index (κ2) is 4.61. The lowest BCUT2D eigenvalue weighted by Gasteiger charge is -2.05. The molecular formula is C14H13N3O. The zero-order chi connectivity index (χ0) is 12.4. The molecule has 0 fully saturated rings. The third kappa shape index (κ3) is 1.88. The van der Waals surface area contributed by atoms with E-state index in [9.17, 15) is 0 Å². The molecule has 18 heavy (non-hydrogen) atoms. The standard InChI is InChI=1S/C14H13N3O/c15-9-3-6-13-16-14(17-18-13)12-8-7-10-4-1-2-5-11(10)12/h1-2,4-5,12H,3,6-8H2. The van der Waals surface area contributed by atoms with Crippen LogP contribution in [0.1, 0.15) is 41.6 Å². The maximum absolute atomic E-state index is 8.54. The molecule has 90 valence electrons. The van der Waals surface area contributed by atoms with Crippen LogP contribution >= 0.6 is 0 Å². The van der Waals surface area contributed by atoms with Crippen LogP contribution in [0.3, 0.4) is 0 Å². The zero-order valence-corrected chi connectivity index (χ0v) is 9.97. The van der Waals surface area contributed by atoms with E-state index in [0.29, 0.717) is 18.7 Å². The van der Waals surface area contributed by atoms with Crippen LogP contribution in [0, 0.1) is 11.3 Å². The van der Waals surface area contributed by atoms with Crippen molar-refractivity contribution < 1.29 is 4.52 Å². The van der Waals surface area contributed by atoms with Gasteiger partial charge in [0.2, 0.25) is 5.89 Å². The Kier molecular flexibility index (Phi) is 2.81. The summed E-state index contributed by atoms with van der Waals surface area (Å²) >= 11 is 0. The van der Waals surface area contributed by atoms with Crippen molar-refractivity contribution in [1.29, 1.82) is 5.26 Å². The molecule has 4 heteroatoms. The average Bonchev–Trinajstić information content (AvgIpc) is 3.02. The highest BCUT2D eigenvalue weighted by molar-refractivity contribution is 5.38. The third-order valence-electron chi connectivity index (χ3n) is 3.38. The maximum atomic E-state index is 8.54. The molecule has 1 heterocycles. The van der Waals surface area contributed by atoms with Crippen LogP contribution in [0.25, 0.3) is 0 Å². The Morgan fingerprint density at radius 2 is 2.28 bits per heavy atom. The Morgan fingerprint density at radius 1 is 1.39 bits per heavy atom. The minimum Gasteiger partial charge on any atom is -0.339 e. The van der Waals surface area contributed by atoms with Crippen molar-refractivity contribution in [2.45, 2.75) is 31.6 Å². The van der Waals surface area contributed by atoms with Gasteiger partial charge in [-0.3, -0.25) is 0 Å². The number of aromatic nitrogens is 2. The summed E-state index contributed by atoms with van der Waals surface area (Å²) in [5.41, 5.74) is 2.69. The molecule has 0 saturated heterocycles. The van der Waals surface area contributed by atoms with Gasteiger partial charge in [-0.2, -0.15) is 10.2 Å². The third-order valence-corrected chi connectivity index (χ3v) is 3.38. The molecule has 0 spiro atoms. The van der Waals surface area contributed by atoms with E-state index in [1.807, 2.05) is 6.07 Å². The maximum Gasteiger partial charge on any atom is 0.227 e. The number of hydrogen-bond donors (Lipinski definition) is 0. The molecule has 0 saturated carbocycles. The Hall–Kier alpha value is -2.15. The molecule has 1 atom stereocenters. The molecule has 0 amide bonds. The molecule has 3 rings (SSSR count). The fraction of sp³-hybridized carbons (Fsp3) is 0.357. The summed E-state index contributed by atoms with van der Waals surface area (Å²) in [5, 5.41) is 12.6. The van der Waals surface area contributed by atoms with Crippen LogP contribution in [-0.4, -0.2) is 10.1 Å². The summed E-state index contributed by atoms with van der Waals surface area (Å²) in [5.74, 6) is 1.57. The van der Waals surface area contributed by atoms with Crippen molar-refractivity contribution in [2.24, 2.45) is 0 Å². The first kappa shape index (κ1) is 11.0. The van der Waals surface area contributed by atoms with Crippen LogP contribution in [0.4, 0.5) is 0 Å². The second-order valence-electron chi connectivity index (χ2n) is 4.49. The smallest absolute Gasteiger partial charge is 0.227 e. The fourth-order valence-electron chi connectivity index (χ4n) is 2.50. The minimum absolute atomic E-state index is 0.251.